The van der Waals surface area contributed by atoms with Gasteiger partial charge in [0.15, 0.2) is 0 Å². The number of benzene rings is 1. The van der Waals surface area contributed by atoms with Crippen LogP contribution >= 0.6 is 0 Å². The second kappa shape index (κ2) is 5.97. The SMILES string of the molecule is NC(=O)CCNCc1ccc(-n2ccnc2)cc1. The molecule has 0 fully saturated rings. The highest BCUT2D eigenvalue weighted by atomic mass is 16.1. The van der Waals surface area contributed by atoms with E-state index in [9.17, 15) is 4.79 Å². The summed E-state index contributed by atoms with van der Waals surface area (Å²) in [6.45, 7) is 1.34. The van der Waals surface area contributed by atoms with Gasteiger partial charge in [-0.05, 0) is 17.7 Å². The highest BCUT2D eigenvalue weighted by Crippen LogP contribution is 2.08. The third kappa shape index (κ3) is 3.43. The Hall–Kier alpha value is -2.14. The molecule has 94 valence electrons. The van der Waals surface area contributed by atoms with Gasteiger partial charge >= 0.3 is 0 Å². The molecule has 1 aromatic heterocycles. The van der Waals surface area contributed by atoms with Crippen molar-refractivity contribution >= 4 is 5.91 Å². The number of imidazole rings is 1. The molecule has 1 amide bonds. The van der Waals surface area contributed by atoms with Gasteiger partial charge in [-0.1, -0.05) is 12.1 Å². The van der Waals surface area contributed by atoms with Crippen LogP contribution in [0.1, 0.15) is 12.0 Å². The average Bonchev–Trinajstić information content (AvgIpc) is 2.89. The van der Waals surface area contributed by atoms with Crippen LogP contribution in [0.3, 0.4) is 0 Å². The number of nitrogens with two attached hydrogens (primary N) is 1. The van der Waals surface area contributed by atoms with E-state index in [4.69, 9.17) is 5.73 Å². The first-order valence-electron chi connectivity index (χ1n) is 5.82. The first-order chi connectivity index (χ1) is 8.75. The molecule has 0 aliphatic heterocycles. The van der Waals surface area contributed by atoms with Crippen LogP contribution in [0.15, 0.2) is 43.0 Å². The maximum atomic E-state index is 10.6. The lowest BCUT2D eigenvalue weighted by molar-refractivity contribution is -0.117. The summed E-state index contributed by atoms with van der Waals surface area (Å²) < 4.78 is 1.95. The molecule has 5 heteroatoms. The minimum absolute atomic E-state index is 0.280. The molecule has 0 aliphatic rings. The van der Waals surface area contributed by atoms with Gasteiger partial charge in [-0.2, -0.15) is 0 Å². The molecule has 0 atom stereocenters. The molecule has 2 aromatic rings. The van der Waals surface area contributed by atoms with Crippen molar-refractivity contribution in [3.63, 3.8) is 0 Å². The summed E-state index contributed by atoms with van der Waals surface area (Å²) in [4.78, 5) is 14.6. The zero-order valence-electron chi connectivity index (χ0n) is 10.0. The normalized spacial score (nSPS) is 10.4. The number of rotatable bonds is 6. The van der Waals surface area contributed by atoms with Gasteiger partial charge in [-0.3, -0.25) is 4.79 Å². The van der Waals surface area contributed by atoms with E-state index in [-0.39, 0.29) is 5.91 Å². The number of carbonyl (C=O) groups is 1. The van der Waals surface area contributed by atoms with E-state index in [1.54, 1.807) is 12.5 Å². The smallest absolute Gasteiger partial charge is 0.218 e. The second-order valence-electron chi connectivity index (χ2n) is 4.03. The van der Waals surface area contributed by atoms with Crippen LogP contribution in [0.25, 0.3) is 5.69 Å². The summed E-state index contributed by atoms with van der Waals surface area (Å²) in [5.74, 6) is -0.280. The van der Waals surface area contributed by atoms with Crippen molar-refractivity contribution in [1.29, 1.82) is 0 Å². The van der Waals surface area contributed by atoms with E-state index in [2.05, 4.69) is 10.3 Å². The van der Waals surface area contributed by atoms with Gasteiger partial charge in [-0.15, -0.1) is 0 Å². The Morgan fingerprint density at radius 3 is 2.72 bits per heavy atom. The van der Waals surface area contributed by atoms with Crippen molar-refractivity contribution in [2.45, 2.75) is 13.0 Å². The van der Waals surface area contributed by atoms with E-state index in [1.807, 2.05) is 35.0 Å². The van der Waals surface area contributed by atoms with Crippen LogP contribution in [0, 0.1) is 0 Å². The molecule has 0 bridgehead atoms. The third-order valence-corrected chi connectivity index (χ3v) is 2.62. The maximum absolute atomic E-state index is 10.6. The fraction of sp³-hybridized carbons (Fsp3) is 0.231. The monoisotopic (exact) mass is 244 g/mol. The first-order valence-corrected chi connectivity index (χ1v) is 5.82. The quantitative estimate of drug-likeness (QED) is 0.739. The number of hydrogen-bond acceptors (Lipinski definition) is 3. The van der Waals surface area contributed by atoms with Crippen LogP contribution in [0.4, 0.5) is 0 Å². The molecule has 0 aliphatic carbocycles. The molecule has 5 nitrogen and oxygen atoms in total. The second-order valence-corrected chi connectivity index (χ2v) is 4.03. The molecule has 2 rings (SSSR count). The number of hydrogen-bond donors (Lipinski definition) is 2. The molecule has 0 spiro atoms. The fourth-order valence-corrected chi connectivity index (χ4v) is 1.64. The summed E-state index contributed by atoms with van der Waals surface area (Å²) in [5.41, 5.74) is 7.31. The van der Waals surface area contributed by atoms with Crippen LogP contribution < -0.4 is 11.1 Å². The number of amides is 1. The molecule has 18 heavy (non-hydrogen) atoms. The van der Waals surface area contributed by atoms with E-state index in [0.717, 1.165) is 12.2 Å². The Morgan fingerprint density at radius 1 is 1.33 bits per heavy atom. The molecule has 1 aromatic carbocycles. The Balaban J connectivity index is 1.86. The van der Waals surface area contributed by atoms with Crippen LogP contribution in [0.5, 0.6) is 0 Å². The lowest BCUT2D eigenvalue weighted by atomic mass is 10.2. The molecule has 0 saturated carbocycles. The molecule has 1 heterocycles. The predicted molar refractivity (Wildman–Crippen MR) is 69.1 cm³/mol. The summed E-state index contributed by atoms with van der Waals surface area (Å²) >= 11 is 0. The summed E-state index contributed by atoms with van der Waals surface area (Å²) in [6.07, 6.45) is 5.78. The largest absolute Gasteiger partial charge is 0.370 e. The van der Waals surface area contributed by atoms with Gasteiger partial charge in [-0.25, -0.2) is 4.98 Å². The number of primary amides is 1. The minimum atomic E-state index is -0.280. The third-order valence-electron chi connectivity index (χ3n) is 2.62. The van der Waals surface area contributed by atoms with Gasteiger partial charge in [0.1, 0.15) is 0 Å². The lowest BCUT2D eigenvalue weighted by Crippen LogP contribution is -2.21. The van der Waals surface area contributed by atoms with Gasteiger partial charge in [0.05, 0.1) is 6.33 Å². The maximum Gasteiger partial charge on any atom is 0.218 e. The zero-order chi connectivity index (χ0) is 12.8. The van der Waals surface area contributed by atoms with Crippen molar-refractivity contribution in [1.82, 2.24) is 14.9 Å². The van der Waals surface area contributed by atoms with Crippen LogP contribution in [-0.4, -0.2) is 22.0 Å². The molecule has 0 radical (unpaired) electrons. The average molecular weight is 244 g/mol. The number of carbonyl (C=O) groups excluding carboxylic acids is 1. The molecular formula is C13H16N4O. The highest BCUT2D eigenvalue weighted by molar-refractivity contribution is 5.73. The Morgan fingerprint density at radius 2 is 2.11 bits per heavy atom. The van der Waals surface area contributed by atoms with Crippen molar-refractivity contribution in [2.75, 3.05) is 6.54 Å². The molecular weight excluding hydrogens is 228 g/mol. The summed E-state index contributed by atoms with van der Waals surface area (Å²) in [6, 6.07) is 8.17. The van der Waals surface area contributed by atoms with Gasteiger partial charge < -0.3 is 15.6 Å². The standard InChI is InChI=1S/C13H16N4O/c14-13(18)5-6-15-9-11-1-3-12(4-2-11)17-8-7-16-10-17/h1-4,7-8,10,15H,5-6,9H2,(H2,14,18). The number of nitrogens with one attached hydrogen (secondary N) is 1. The summed E-state index contributed by atoms with van der Waals surface area (Å²) in [7, 11) is 0. The van der Waals surface area contributed by atoms with Crippen molar-refractivity contribution in [3.8, 4) is 5.69 Å². The van der Waals surface area contributed by atoms with E-state index >= 15 is 0 Å². The van der Waals surface area contributed by atoms with Crippen molar-refractivity contribution in [2.24, 2.45) is 5.73 Å². The Bertz CT molecular complexity index is 490. The zero-order valence-corrected chi connectivity index (χ0v) is 10.0. The van der Waals surface area contributed by atoms with Crippen molar-refractivity contribution in [3.05, 3.63) is 48.5 Å². The first kappa shape index (κ1) is 12.3. The van der Waals surface area contributed by atoms with E-state index in [0.29, 0.717) is 13.0 Å². The van der Waals surface area contributed by atoms with Gasteiger partial charge in [0, 0.05) is 37.6 Å². The Kier molecular flexibility index (Phi) is 4.09. The Labute approximate surface area is 106 Å². The lowest BCUT2D eigenvalue weighted by Gasteiger charge is -2.06. The molecule has 0 saturated heterocycles. The van der Waals surface area contributed by atoms with Gasteiger partial charge in [0.2, 0.25) is 5.91 Å². The highest BCUT2D eigenvalue weighted by Gasteiger charge is 1.97. The number of aromatic nitrogens is 2. The predicted octanol–water partition coefficient (Wildman–Crippen LogP) is 0.837. The molecule has 3 N–H and O–H groups in total. The van der Waals surface area contributed by atoms with Crippen molar-refractivity contribution < 1.29 is 4.79 Å². The molecule has 0 unspecified atom stereocenters. The van der Waals surface area contributed by atoms with Gasteiger partial charge in [0.25, 0.3) is 0 Å². The van der Waals surface area contributed by atoms with Crippen LogP contribution in [-0.2, 0) is 11.3 Å². The number of nitrogens with zero attached hydrogens (tertiary/aromatic N) is 2. The fourth-order valence-electron chi connectivity index (χ4n) is 1.64. The van der Waals surface area contributed by atoms with E-state index < -0.39 is 0 Å². The van der Waals surface area contributed by atoms with Crippen LogP contribution in [0.2, 0.25) is 0 Å². The topological polar surface area (TPSA) is 72.9 Å². The minimum Gasteiger partial charge on any atom is -0.370 e. The summed E-state index contributed by atoms with van der Waals surface area (Å²) in [5, 5.41) is 3.17. The van der Waals surface area contributed by atoms with E-state index in [1.165, 1.54) is 5.56 Å².